The summed E-state index contributed by atoms with van der Waals surface area (Å²) in [7, 11) is 6.11. The molecule has 0 radical (unpaired) electrons. The van der Waals surface area contributed by atoms with E-state index in [4.69, 9.17) is 9.57 Å². The van der Waals surface area contributed by atoms with Crippen LogP contribution in [0.5, 0.6) is 0 Å². The number of methoxy groups -OCH3 is 1. The van der Waals surface area contributed by atoms with Gasteiger partial charge in [0.1, 0.15) is 12.1 Å². The van der Waals surface area contributed by atoms with Crippen LogP contribution in [-0.4, -0.2) is 110 Å². The van der Waals surface area contributed by atoms with Crippen LogP contribution in [0.1, 0.15) is 85.5 Å². The van der Waals surface area contributed by atoms with E-state index in [9.17, 15) is 15.0 Å². The number of fused-ring (bicyclic) bond motifs is 2. The van der Waals surface area contributed by atoms with Crippen LogP contribution in [0.3, 0.4) is 0 Å². The van der Waals surface area contributed by atoms with E-state index in [1.165, 1.54) is 38.5 Å². The zero-order chi connectivity index (χ0) is 32.5. The number of aliphatic hydroxyl groups is 2. The average molecular weight is 635 g/mol. The first-order valence-electron chi connectivity index (χ1n) is 18.4. The normalized spacial score (nSPS) is 42.4. The molecule has 6 fully saturated rings. The summed E-state index contributed by atoms with van der Waals surface area (Å²) >= 11 is 0. The Labute approximate surface area is 273 Å². The van der Waals surface area contributed by atoms with E-state index in [2.05, 4.69) is 50.4 Å². The largest absolute Gasteiger partial charge is 0.394 e. The fraction of sp³-hybridized carbons (Fsp3) is 0.972. The average Bonchev–Trinajstić information content (AvgIpc) is 3.38. The number of likely N-dealkylation sites (N-methyl/N-ethyl adjacent to an activating group) is 1. The highest BCUT2D eigenvalue weighted by Crippen LogP contribution is 2.61. The lowest BCUT2D eigenvalue weighted by atomic mass is 9.45. The smallest absolute Gasteiger partial charge is 0.240 e. The molecule has 45 heavy (non-hydrogen) atoms. The number of aliphatic hydroxyl groups excluding tert-OH is 2. The van der Waals surface area contributed by atoms with Crippen LogP contribution in [0.4, 0.5) is 0 Å². The zero-order valence-corrected chi connectivity index (χ0v) is 29.4. The molecule has 0 aromatic heterocycles. The van der Waals surface area contributed by atoms with Crippen molar-refractivity contribution in [2.45, 2.75) is 116 Å². The zero-order valence-electron chi connectivity index (χ0n) is 29.4. The first-order valence-corrected chi connectivity index (χ1v) is 18.4. The number of hydrogen-bond donors (Lipinski definition) is 4. The third-order valence-electron chi connectivity index (χ3n) is 13.3. The fourth-order valence-corrected chi connectivity index (χ4v) is 10.6. The van der Waals surface area contributed by atoms with Gasteiger partial charge >= 0.3 is 0 Å². The van der Waals surface area contributed by atoms with Crippen molar-refractivity contribution in [1.82, 2.24) is 20.6 Å². The number of rotatable bonds is 13. The molecular weight excluding hydrogens is 568 g/mol. The van der Waals surface area contributed by atoms with Crippen molar-refractivity contribution in [2.75, 3.05) is 54.0 Å². The minimum absolute atomic E-state index is 0.0639. The molecule has 4 N–H and O–H groups in total. The Hall–Kier alpha value is -0.810. The quantitative estimate of drug-likeness (QED) is 0.228. The van der Waals surface area contributed by atoms with E-state index in [-0.39, 0.29) is 30.6 Å². The Balaban J connectivity index is 1.25. The number of amides is 1. The lowest BCUT2D eigenvalue weighted by Gasteiger charge is -2.62. The third-order valence-corrected chi connectivity index (χ3v) is 13.3. The number of carbonyl (C=O) groups excluding carboxylic acids is 1. The second-order valence-corrected chi connectivity index (χ2v) is 16.6. The van der Waals surface area contributed by atoms with Crippen LogP contribution in [0, 0.1) is 52.8 Å². The lowest BCUT2D eigenvalue weighted by Crippen LogP contribution is -2.62. The summed E-state index contributed by atoms with van der Waals surface area (Å²) in [6.45, 7) is 12.3. The van der Waals surface area contributed by atoms with Crippen molar-refractivity contribution in [2.24, 2.45) is 52.8 Å². The SMILES string of the molecule is COC1C(CN2O[C@@H](CO)[C@H]([C@H](C)O)[C@H]2C(=O)N[C@H]2C[C@H]3C[C@@H]([C@@H]2C)C3(C)C)CCCC1C1CCCC(CNCCN(C)C)C1. The lowest BCUT2D eigenvalue weighted by molar-refractivity contribution is -0.193. The monoisotopic (exact) mass is 635 g/mol. The summed E-state index contributed by atoms with van der Waals surface area (Å²) < 4.78 is 6.33. The second kappa shape index (κ2) is 15.2. The van der Waals surface area contributed by atoms with Gasteiger partial charge in [0.25, 0.3) is 0 Å². The van der Waals surface area contributed by atoms with E-state index >= 15 is 0 Å². The predicted octanol–water partition coefficient (Wildman–Crippen LogP) is 3.54. The number of nitrogens with one attached hydrogen (secondary N) is 2. The maximum Gasteiger partial charge on any atom is 0.240 e. The van der Waals surface area contributed by atoms with Gasteiger partial charge in [-0.15, -0.1) is 0 Å². The molecule has 9 nitrogen and oxygen atoms in total. The molecule has 5 saturated carbocycles. The number of hydroxylamine groups is 2. The summed E-state index contributed by atoms with van der Waals surface area (Å²) in [6.07, 6.45) is 9.51. The molecule has 5 unspecified atom stereocenters. The third kappa shape index (κ3) is 7.60. The minimum atomic E-state index is -0.776. The van der Waals surface area contributed by atoms with Gasteiger partial charge in [0, 0.05) is 44.6 Å². The van der Waals surface area contributed by atoms with Gasteiger partial charge in [-0.05, 0) is 107 Å². The Kier molecular flexibility index (Phi) is 12.0. The van der Waals surface area contributed by atoms with E-state index in [1.807, 2.05) is 12.2 Å². The van der Waals surface area contributed by atoms with Crippen LogP contribution < -0.4 is 10.6 Å². The summed E-state index contributed by atoms with van der Waals surface area (Å²) in [5.74, 6) is 3.26. The highest BCUT2D eigenvalue weighted by Gasteiger charge is 2.57. The molecule has 6 aliphatic rings. The summed E-state index contributed by atoms with van der Waals surface area (Å²) in [5, 5.41) is 30.1. The maximum absolute atomic E-state index is 14.1. The van der Waals surface area contributed by atoms with Crippen molar-refractivity contribution in [3.63, 3.8) is 0 Å². The molecule has 2 bridgehead atoms. The Bertz CT molecular complexity index is 964. The van der Waals surface area contributed by atoms with Crippen molar-refractivity contribution < 1.29 is 24.6 Å². The molecule has 13 atom stereocenters. The van der Waals surface area contributed by atoms with Crippen LogP contribution in [0.15, 0.2) is 0 Å². The van der Waals surface area contributed by atoms with Crippen molar-refractivity contribution >= 4 is 5.91 Å². The molecule has 1 aliphatic heterocycles. The number of hydrogen-bond acceptors (Lipinski definition) is 8. The number of carbonyl (C=O) groups is 1. The maximum atomic E-state index is 14.1. The van der Waals surface area contributed by atoms with Gasteiger partial charge in [-0.2, -0.15) is 5.06 Å². The van der Waals surface area contributed by atoms with Crippen molar-refractivity contribution in [3.05, 3.63) is 0 Å². The second-order valence-electron chi connectivity index (χ2n) is 16.6. The molecule has 9 heteroatoms. The molecule has 0 aromatic rings. The van der Waals surface area contributed by atoms with E-state index in [1.54, 1.807) is 6.92 Å². The standard InChI is InChI=1S/C36H66N4O5/c1-22-29-17-27(36(29,3)4)18-30(22)38-35(43)33-32(23(2)42)31(21-41)45-40(33)20-26-12-9-13-28(34(26)44-7)25-11-8-10-24(16-25)19-37-14-15-39(5)6/h22-34,37,41-42H,8-21H2,1-7H3,(H,38,43)/t22-,23-,24?,25?,26?,27+,28?,29-,30-,31-,32-,33-,34?/m0/s1. The van der Waals surface area contributed by atoms with Crippen LogP contribution in [0.25, 0.3) is 0 Å². The van der Waals surface area contributed by atoms with Gasteiger partial charge in [-0.3, -0.25) is 9.63 Å². The molecule has 6 rings (SSSR count). The molecule has 0 spiro atoms. The molecular formula is C36H66N4O5. The highest BCUT2D eigenvalue weighted by molar-refractivity contribution is 5.82. The predicted molar refractivity (Wildman–Crippen MR) is 177 cm³/mol. The van der Waals surface area contributed by atoms with Crippen molar-refractivity contribution in [1.29, 1.82) is 0 Å². The molecule has 1 heterocycles. The Morgan fingerprint density at radius 3 is 2.53 bits per heavy atom. The van der Waals surface area contributed by atoms with E-state index in [0.29, 0.717) is 41.5 Å². The molecule has 1 amide bonds. The van der Waals surface area contributed by atoms with E-state index in [0.717, 1.165) is 44.8 Å². The van der Waals surface area contributed by atoms with Gasteiger partial charge < -0.3 is 30.5 Å². The van der Waals surface area contributed by atoms with Gasteiger partial charge in [0.15, 0.2) is 0 Å². The fourth-order valence-electron chi connectivity index (χ4n) is 10.6. The number of ether oxygens (including phenoxy) is 1. The molecule has 260 valence electrons. The van der Waals surface area contributed by atoms with Crippen LogP contribution >= 0.6 is 0 Å². The van der Waals surface area contributed by atoms with Crippen LogP contribution in [-0.2, 0) is 14.4 Å². The number of nitrogens with zero attached hydrogens (tertiary/aromatic N) is 2. The summed E-state index contributed by atoms with van der Waals surface area (Å²) in [5.41, 5.74) is 0.348. The van der Waals surface area contributed by atoms with Crippen molar-refractivity contribution in [3.8, 4) is 0 Å². The highest BCUT2D eigenvalue weighted by atomic mass is 16.7. The summed E-state index contributed by atoms with van der Waals surface area (Å²) in [4.78, 5) is 22.7. The first kappa shape index (κ1) is 35.5. The topological polar surface area (TPSA) is 107 Å². The van der Waals surface area contributed by atoms with E-state index < -0.39 is 24.2 Å². The van der Waals surface area contributed by atoms with Gasteiger partial charge in [0.05, 0.1) is 18.8 Å². The summed E-state index contributed by atoms with van der Waals surface area (Å²) in [6, 6.07) is -0.493. The minimum Gasteiger partial charge on any atom is -0.394 e. The van der Waals surface area contributed by atoms with Gasteiger partial charge in [-0.1, -0.05) is 40.0 Å². The Morgan fingerprint density at radius 1 is 1.13 bits per heavy atom. The van der Waals surface area contributed by atoms with Crippen LogP contribution in [0.2, 0.25) is 0 Å². The van der Waals surface area contributed by atoms with Gasteiger partial charge in [-0.25, -0.2) is 0 Å². The van der Waals surface area contributed by atoms with Gasteiger partial charge in [0.2, 0.25) is 5.91 Å². The molecule has 1 saturated heterocycles. The first-order chi connectivity index (χ1) is 21.5. The Morgan fingerprint density at radius 2 is 1.89 bits per heavy atom. The molecule has 0 aromatic carbocycles. The molecule has 5 aliphatic carbocycles.